The average molecular weight is 447 g/mol. The summed E-state index contributed by atoms with van der Waals surface area (Å²) in [6.07, 6.45) is 0.546. The number of carbonyl (C=O) groups is 2. The van der Waals surface area contributed by atoms with Gasteiger partial charge in [-0.25, -0.2) is 4.68 Å². The van der Waals surface area contributed by atoms with E-state index in [1.54, 1.807) is 11.8 Å². The maximum atomic E-state index is 12.9. The van der Waals surface area contributed by atoms with E-state index in [1.165, 1.54) is 10.2 Å². The Hall–Kier alpha value is -3.61. The maximum Gasteiger partial charge on any atom is 0.270 e. The van der Waals surface area contributed by atoms with Gasteiger partial charge in [0, 0.05) is 30.9 Å². The van der Waals surface area contributed by atoms with E-state index in [9.17, 15) is 14.4 Å². The molecule has 0 spiro atoms. The van der Waals surface area contributed by atoms with Crippen LogP contribution in [0.25, 0.3) is 11.1 Å². The van der Waals surface area contributed by atoms with Crippen molar-refractivity contribution in [2.24, 2.45) is 5.92 Å². The second-order valence-electron chi connectivity index (χ2n) is 8.85. The summed E-state index contributed by atoms with van der Waals surface area (Å²) >= 11 is 0. The van der Waals surface area contributed by atoms with Crippen molar-refractivity contribution in [1.82, 2.24) is 20.0 Å². The standard InChI is InChI=1S/C26H30N4O3/c1-17-5-4-6-22(13-17)21-9-7-20(8-10-21)14-23-15-29(12-11-27-25(23)32)24(31)16-30-26(33)18(2)19(3)28-30/h4-10,13,23,28H,11-12,14-16H2,1-3H3,(H,27,32). The SMILES string of the molecule is Cc1cccc(-c2ccc(CC3CN(C(=O)Cn4[nH]c(C)c(C)c4=O)CCNC3=O)cc2)c1. The van der Waals surface area contributed by atoms with Gasteiger partial charge in [0.15, 0.2) is 0 Å². The van der Waals surface area contributed by atoms with Crippen molar-refractivity contribution >= 4 is 11.8 Å². The lowest BCUT2D eigenvalue weighted by atomic mass is 9.95. The van der Waals surface area contributed by atoms with Crippen LogP contribution in [0.15, 0.2) is 53.3 Å². The molecule has 0 bridgehead atoms. The number of hydrogen-bond acceptors (Lipinski definition) is 3. The summed E-state index contributed by atoms with van der Waals surface area (Å²) in [6.45, 7) is 6.74. The maximum absolute atomic E-state index is 12.9. The molecule has 1 saturated heterocycles. The van der Waals surface area contributed by atoms with E-state index in [-0.39, 0.29) is 29.8 Å². The van der Waals surface area contributed by atoms with Crippen LogP contribution >= 0.6 is 0 Å². The van der Waals surface area contributed by atoms with E-state index in [0.29, 0.717) is 31.6 Å². The number of nitrogens with zero attached hydrogens (tertiary/aromatic N) is 2. The highest BCUT2D eigenvalue weighted by molar-refractivity contribution is 5.82. The van der Waals surface area contributed by atoms with E-state index >= 15 is 0 Å². The van der Waals surface area contributed by atoms with Gasteiger partial charge < -0.3 is 10.2 Å². The second-order valence-corrected chi connectivity index (χ2v) is 8.85. The Balaban J connectivity index is 1.45. The fraction of sp³-hybridized carbons (Fsp3) is 0.346. The molecule has 1 atom stereocenters. The average Bonchev–Trinajstić information content (AvgIpc) is 2.94. The molecule has 2 heterocycles. The van der Waals surface area contributed by atoms with Gasteiger partial charge in [-0.1, -0.05) is 54.1 Å². The first-order valence-corrected chi connectivity index (χ1v) is 11.3. The molecule has 7 heteroatoms. The van der Waals surface area contributed by atoms with E-state index in [4.69, 9.17) is 0 Å². The Morgan fingerprint density at radius 2 is 1.79 bits per heavy atom. The lowest BCUT2D eigenvalue weighted by Gasteiger charge is -2.23. The summed E-state index contributed by atoms with van der Waals surface area (Å²) in [4.78, 5) is 39.6. The van der Waals surface area contributed by atoms with E-state index in [2.05, 4.69) is 47.7 Å². The molecule has 2 aromatic carbocycles. The highest BCUT2D eigenvalue weighted by atomic mass is 16.2. The molecule has 1 unspecified atom stereocenters. The van der Waals surface area contributed by atoms with E-state index in [1.807, 2.05) is 25.1 Å². The zero-order valence-electron chi connectivity index (χ0n) is 19.4. The minimum Gasteiger partial charge on any atom is -0.354 e. The Morgan fingerprint density at radius 3 is 2.45 bits per heavy atom. The second kappa shape index (κ2) is 9.48. The number of carbonyl (C=O) groups excluding carboxylic acids is 2. The van der Waals surface area contributed by atoms with Crippen LogP contribution in [0, 0.1) is 26.7 Å². The summed E-state index contributed by atoms with van der Waals surface area (Å²) in [7, 11) is 0. The fourth-order valence-electron chi connectivity index (χ4n) is 4.27. The van der Waals surface area contributed by atoms with Crippen molar-refractivity contribution in [3.8, 4) is 11.1 Å². The number of benzene rings is 2. The van der Waals surface area contributed by atoms with Crippen LogP contribution in [0.4, 0.5) is 0 Å². The van der Waals surface area contributed by atoms with Gasteiger partial charge in [-0.3, -0.25) is 19.5 Å². The largest absolute Gasteiger partial charge is 0.354 e. The monoisotopic (exact) mass is 446 g/mol. The number of aromatic nitrogens is 2. The van der Waals surface area contributed by atoms with Gasteiger partial charge in [-0.2, -0.15) is 0 Å². The third-order valence-corrected chi connectivity index (χ3v) is 6.36. The van der Waals surface area contributed by atoms with Crippen LogP contribution in [-0.4, -0.2) is 46.1 Å². The lowest BCUT2D eigenvalue weighted by Crippen LogP contribution is -2.40. The number of nitrogens with one attached hydrogen (secondary N) is 2. The normalized spacial score (nSPS) is 16.4. The third-order valence-electron chi connectivity index (χ3n) is 6.36. The van der Waals surface area contributed by atoms with Crippen molar-refractivity contribution in [3.05, 3.63) is 81.3 Å². The van der Waals surface area contributed by atoms with Crippen molar-refractivity contribution in [2.45, 2.75) is 33.7 Å². The zero-order valence-corrected chi connectivity index (χ0v) is 19.4. The smallest absolute Gasteiger partial charge is 0.270 e. The van der Waals surface area contributed by atoms with Crippen molar-refractivity contribution in [2.75, 3.05) is 19.6 Å². The summed E-state index contributed by atoms with van der Waals surface area (Å²) in [5.41, 5.74) is 5.74. The van der Waals surface area contributed by atoms with Gasteiger partial charge in [0.05, 0.1) is 5.92 Å². The molecule has 0 aliphatic carbocycles. The number of aromatic amines is 1. The first kappa shape index (κ1) is 22.6. The Morgan fingerprint density at radius 1 is 1.03 bits per heavy atom. The molecule has 172 valence electrons. The summed E-state index contributed by atoms with van der Waals surface area (Å²) in [5, 5.41) is 5.88. The van der Waals surface area contributed by atoms with Crippen molar-refractivity contribution < 1.29 is 9.59 Å². The minimum atomic E-state index is -0.342. The molecular formula is C26H30N4O3. The van der Waals surface area contributed by atoms with Gasteiger partial charge in [0.1, 0.15) is 6.54 Å². The first-order valence-electron chi connectivity index (χ1n) is 11.3. The molecule has 0 saturated carbocycles. The van der Waals surface area contributed by atoms with Crippen LogP contribution in [0.1, 0.15) is 22.4 Å². The number of H-pyrrole nitrogens is 1. The first-order chi connectivity index (χ1) is 15.8. The van der Waals surface area contributed by atoms with Gasteiger partial charge in [0.25, 0.3) is 5.56 Å². The van der Waals surface area contributed by atoms with E-state index < -0.39 is 0 Å². The third kappa shape index (κ3) is 5.08. The molecule has 3 aromatic rings. The molecule has 2 amide bonds. The molecule has 2 N–H and O–H groups in total. The molecule has 1 aromatic heterocycles. The van der Waals surface area contributed by atoms with Crippen LogP contribution in [-0.2, 0) is 22.6 Å². The molecule has 33 heavy (non-hydrogen) atoms. The Bertz CT molecular complexity index is 1220. The quantitative estimate of drug-likeness (QED) is 0.632. The molecule has 0 radical (unpaired) electrons. The number of hydrogen-bond donors (Lipinski definition) is 2. The molecule has 1 fully saturated rings. The summed E-state index contributed by atoms with van der Waals surface area (Å²) in [6, 6.07) is 16.6. The number of rotatable bonds is 5. The van der Waals surface area contributed by atoms with Gasteiger partial charge in [0.2, 0.25) is 11.8 Å². The molecule has 4 rings (SSSR count). The van der Waals surface area contributed by atoms with Crippen LogP contribution in [0.5, 0.6) is 0 Å². The summed E-state index contributed by atoms with van der Waals surface area (Å²) in [5.74, 6) is -0.559. The van der Waals surface area contributed by atoms with Crippen molar-refractivity contribution in [1.29, 1.82) is 0 Å². The molecule has 1 aliphatic heterocycles. The Labute approximate surface area is 193 Å². The van der Waals surface area contributed by atoms with Gasteiger partial charge >= 0.3 is 0 Å². The van der Waals surface area contributed by atoms with E-state index in [0.717, 1.165) is 22.4 Å². The lowest BCUT2D eigenvalue weighted by molar-refractivity contribution is -0.132. The topological polar surface area (TPSA) is 87.2 Å². The molecule has 1 aliphatic rings. The highest BCUT2D eigenvalue weighted by Gasteiger charge is 2.28. The fourth-order valence-corrected chi connectivity index (χ4v) is 4.27. The molecule has 7 nitrogen and oxygen atoms in total. The predicted octanol–water partition coefficient (Wildman–Crippen LogP) is 2.59. The highest BCUT2D eigenvalue weighted by Crippen LogP contribution is 2.22. The minimum absolute atomic E-state index is 0.0446. The van der Waals surface area contributed by atoms with Crippen LogP contribution in [0.2, 0.25) is 0 Å². The van der Waals surface area contributed by atoms with Gasteiger partial charge in [-0.15, -0.1) is 0 Å². The van der Waals surface area contributed by atoms with Crippen molar-refractivity contribution in [3.63, 3.8) is 0 Å². The van der Waals surface area contributed by atoms with Crippen LogP contribution in [0.3, 0.4) is 0 Å². The van der Waals surface area contributed by atoms with Crippen LogP contribution < -0.4 is 10.9 Å². The zero-order chi connectivity index (χ0) is 23.5. The van der Waals surface area contributed by atoms with Gasteiger partial charge in [-0.05, 0) is 43.9 Å². The summed E-state index contributed by atoms with van der Waals surface area (Å²) < 4.78 is 1.34. The number of amides is 2. The Kier molecular flexibility index (Phi) is 6.49. The molecular weight excluding hydrogens is 416 g/mol. The number of aryl methyl sites for hydroxylation is 2. The predicted molar refractivity (Wildman–Crippen MR) is 128 cm³/mol.